The van der Waals surface area contributed by atoms with Gasteiger partial charge in [-0.2, -0.15) is 0 Å². The first-order chi connectivity index (χ1) is 14.0. The molecule has 3 amide bonds. The highest BCUT2D eigenvalue weighted by molar-refractivity contribution is 6.05. The van der Waals surface area contributed by atoms with Crippen LogP contribution in [0.4, 0.5) is 5.69 Å². The molecule has 1 atom stereocenters. The molecule has 29 heavy (non-hydrogen) atoms. The monoisotopic (exact) mass is 396 g/mol. The minimum Gasteiger partial charge on any atom is -0.495 e. The van der Waals surface area contributed by atoms with Crippen molar-refractivity contribution in [3.63, 3.8) is 0 Å². The van der Waals surface area contributed by atoms with Gasteiger partial charge in [0.05, 0.1) is 18.7 Å². The number of benzene rings is 2. The second-order valence-electron chi connectivity index (χ2n) is 6.43. The zero-order valence-electron chi connectivity index (χ0n) is 15.8. The van der Waals surface area contributed by atoms with Crippen LogP contribution in [0.25, 0.3) is 0 Å². The first-order valence-corrected chi connectivity index (χ1v) is 8.99. The van der Waals surface area contributed by atoms with E-state index in [4.69, 9.17) is 9.47 Å². The second kappa shape index (κ2) is 9.01. The number of imide groups is 1. The summed E-state index contributed by atoms with van der Waals surface area (Å²) in [7, 11) is 1.50. The highest BCUT2D eigenvalue weighted by atomic mass is 16.5. The number of methoxy groups -OCH3 is 1. The summed E-state index contributed by atoms with van der Waals surface area (Å²) >= 11 is 0. The summed E-state index contributed by atoms with van der Waals surface area (Å²) in [5.74, 6) is -2.40. The Morgan fingerprint density at radius 3 is 2.48 bits per heavy atom. The largest absolute Gasteiger partial charge is 0.495 e. The van der Waals surface area contributed by atoms with Gasteiger partial charge in [0.1, 0.15) is 5.75 Å². The maximum atomic E-state index is 12.3. The molecule has 2 aromatic rings. The molecule has 150 valence electrons. The van der Waals surface area contributed by atoms with Gasteiger partial charge in [-0.3, -0.25) is 24.5 Å². The predicted molar refractivity (Wildman–Crippen MR) is 103 cm³/mol. The first kappa shape index (κ1) is 20.1. The fraction of sp³-hybridized carbons (Fsp3) is 0.238. The number of hydrogen-bond acceptors (Lipinski definition) is 6. The summed E-state index contributed by atoms with van der Waals surface area (Å²) in [4.78, 5) is 49.9. The molecule has 3 rings (SSSR count). The van der Waals surface area contributed by atoms with E-state index in [2.05, 4.69) is 5.32 Å². The Labute approximate surface area is 167 Å². The van der Waals surface area contributed by atoms with Crippen LogP contribution in [0, 0.1) is 5.92 Å². The number of amides is 3. The number of nitrogens with zero attached hydrogens (tertiary/aromatic N) is 1. The van der Waals surface area contributed by atoms with Crippen molar-refractivity contribution in [2.24, 2.45) is 5.92 Å². The maximum absolute atomic E-state index is 12.3. The predicted octanol–water partition coefficient (Wildman–Crippen LogP) is 1.55. The second-order valence-corrected chi connectivity index (χ2v) is 6.43. The molecular weight excluding hydrogens is 376 g/mol. The average molecular weight is 396 g/mol. The summed E-state index contributed by atoms with van der Waals surface area (Å²) in [5, 5.41) is 2.15. The molecule has 8 nitrogen and oxygen atoms in total. The molecule has 1 fully saturated rings. The molecular formula is C21H20N2O6. The van der Waals surface area contributed by atoms with E-state index in [1.54, 1.807) is 54.6 Å². The normalized spacial score (nSPS) is 15.7. The molecule has 2 aromatic carbocycles. The zero-order valence-corrected chi connectivity index (χ0v) is 15.8. The standard InChI is InChI=1S/C21H20N2O6/c1-28-17-10-6-5-9-16(17)23-12-15(11-19(23)25)21(27)29-13-18(24)22-20(26)14-7-3-2-4-8-14/h2-10,15H,11-13H2,1H3,(H,22,24,26)/t15-/m0/s1. The molecule has 1 heterocycles. The molecule has 0 saturated carbocycles. The van der Waals surface area contributed by atoms with Gasteiger partial charge in [0.25, 0.3) is 11.8 Å². The van der Waals surface area contributed by atoms with Gasteiger partial charge in [-0.15, -0.1) is 0 Å². The fourth-order valence-corrected chi connectivity index (χ4v) is 3.03. The topological polar surface area (TPSA) is 102 Å². The van der Waals surface area contributed by atoms with Gasteiger partial charge in [0.15, 0.2) is 6.61 Å². The summed E-state index contributed by atoms with van der Waals surface area (Å²) in [5.41, 5.74) is 0.891. The molecule has 0 radical (unpaired) electrons. The van der Waals surface area contributed by atoms with Crippen molar-refractivity contribution in [2.75, 3.05) is 25.2 Å². The third kappa shape index (κ3) is 4.78. The van der Waals surface area contributed by atoms with E-state index in [0.717, 1.165) is 0 Å². The van der Waals surface area contributed by atoms with Crippen LogP contribution >= 0.6 is 0 Å². The van der Waals surface area contributed by atoms with Crippen LogP contribution in [0.2, 0.25) is 0 Å². The van der Waals surface area contributed by atoms with Crippen molar-refractivity contribution >= 4 is 29.4 Å². The van der Waals surface area contributed by atoms with Gasteiger partial charge in [0, 0.05) is 18.5 Å². The number of ether oxygens (including phenoxy) is 2. The lowest BCUT2D eigenvalue weighted by Crippen LogP contribution is -2.35. The number of carbonyl (C=O) groups is 4. The van der Waals surface area contributed by atoms with Gasteiger partial charge in [-0.25, -0.2) is 0 Å². The zero-order chi connectivity index (χ0) is 20.8. The van der Waals surface area contributed by atoms with Crippen LogP contribution in [-0.4, -0.2) is 44.0 Å². The molecule has 0 unspecified atom stereocenters. The van der Waals surface area contributed by atoms with E-state index >= 15 is 0 Å². The number of anilines is 1. The van der Waals surface area contributed by atoms with Gasteiger partial charge >= 0.3 is 5.97 Å². The maximum Gasteiger partial charge on any atom is 0.311 e. The molecule has 8 heteroatoms. The number of rotatable bonds is 6. The lowest BCUT2D eigenvalue weighted by molar-refractivity contribution is -0.152. The van der Waals surface area contributed by atoms with Crippen LogP contribution in [-0.2, 0) is 19.1 Å². The van der Waals surface area contributed by atoms with Gasteiger partial charge in [0.2, 0.25) is 5.91 Å². The number of nitrogens with one attached hydrogen (secondary N) is 1. The third-order valence-corrected chi connectivity index (χ3v) is 4.47. The molecule has 1 N–H and O–H groups in total. The summed E-state index contributed by atoms with van der Waals surface area (Å²) in [6, 6.07) is 15.2. The van der Waals surface area contributed by atoms with Crippen LogP contribution in [0.5, 0.6) is 5.75 Å². The van der Waals surface area contributed by atoms with E-state index in [0.29, 0.717) is 17.0 Å². The first-order valence-electron chi connectivity index (χ1n) is 8.99. The van der Waals surface area contributed by atoms with E-state index in [1.165, 1.54) is 12.0 Å². The SMILES string of the molecule is COc1ccccc1N1C[C@@H](C(=O)OCC(=O)NC(=O)c2ccccc2)CC1=O. The molecule has 0 spiro atoms. The lowest BCUT2D eigenvalue weighted by Gasteiger charge is -2.19. The molecule has 0 aliphatic carbocycles. The van der Waals surface area contributed by atoms with Crippen LogP contribution < -0.4 is 15.0 Å². The third-order valence-electron chi connectivity index (χ3n) is 4.47. The minimum absolute atomic E-state index is 0.0263. The molecule has 0 aromatic heterocycles. The molecule has 1 saturated heterocycles. The molecule has 1 aliphatic heterocycles. The Morgan fingerprint density at radius 1 is 1.07 bits per heavy atom. The molecule has 0 bridgehead atoms. The fourth-order valence-electron chi connectivity index (χ4n) is 3.03. The quantitative estimate of drug-likeness (QED) is 0.744. The number of carbonyl (C=O) groups excluding carboxylic acids is 4. The van der Waals surface area contributed by atoms with Crippen molar-refractivity contribution in [2.45, 2.75) is 6.42 Å². The van der Waals surface area contributed by atoms with Crippen LogP contribution in [0.15, 0.2) is 54.6 Å². The van der Waals surface area contributed by atoms with Crippen molar-refractivity contribution in [3.05, 3.63) is 60.2 Å². The summed E-state index contributed by atoms with van der Waals surface area (Å²) in [6.07, 6.45) is -0.0263. The van der Waals surface area contributed by atoms with Crippen molar-refractivity contribution in [1.29, 1.82) is 0 Å². The van der Waals surface area contributed by atoms with Crippen LogP contribution in [0.3, 0.4) is 0 Å². The van der Waals surface area contributed by atoms with E-state index in [9.17, 15) is 19.2 Å². The number of esters is 1. The summed E-state index contributed by atoms with van der Waals surface area (Å²) < 4.78 is 10.3. The Balaban J connectivity index is 1.53. The summed E-state index contributed by atoms with van der Waals surface area (Å²) in [6.45, 7) is -0.473. The average Bonchev–Trinajstić information content (AvgIpc) is 3.14. The minimum atomic E-state index is -0.738. The van der Waals surface area contributed by atoms with E-state index in [1.807, 2.05) is 0 Å². The number of hydrogen-bond donors (Lipinski definition) is 1. The van der Waals surface area contributed by atoms with Gasteiger partial charge in [-0.05, 0) is 24.3 Å². The van der Waals surface area contributed by atoms with Crippen molar-refractivity contribution < 1.29 is 28.7 Å². The smallest absolute Gasteiger partial charge is 0.311 e. The van der Waals surface area contributed by atoms with Crippen LogP contribution in [0.1, 0.15) is 16.8 Å². The highest BCUT2D eigenvalue weighted by Gasteiger charge is 2.37. The highest BCUT2D eigenvalue weighted by Crippen LogP contribution is 2.33. The van der Waals surface area contributed by atoms with Gasteiger partial charge < -0.3 is 14.4 Å². The van der Waals surface area contributed by atoms with E-state index < -0.39 is 30.3 Å². The van der Waals surface area contributed by atoms with E-state index in [-0.39, 0.29) is 18.9 Å². The Kier molecular flexibility index (Phi) is 6.23. The lowest BCUT2D eigenvalue weighted by atomic mass is 10.1. The number of para-hydroxylation sites is 2. The Hall–Kier alpha value is -3.68. The van der Waals surface area contributed by atoms with Gasteiger partial charge in [-0.1, -0.05) is 30.3 Å². The Morgan fingerprint density at radius 2 is 1.76 bits per heavy atom. The Bertz CT molecular complexity index is 928. The molecule has 1 aliphatic rings. The van der Waals surface area contributed by atoms with Crippen molar-refractivity contribution in [3.8, 4) is 5.75 Å². The van der Waals surface area contributed by atoms with Crippen molar-refractivity contribution in [1.82, 2.24) is 5.32 Å².